The molecule has 166 valence electrons. The topological polar surface area (TPSA) is 96.3 Å². The Hall–Kier alpha value is -3.16. The van der Waals surface area contributed by atoms with Crippen molar-refractivity contribution in [2.45, 2.75) is 65.7 Å². The monoisotopic (exact) mass is 425 g/mol. The second-order valence-electron chi connectivity index (χ2n) is 8.22. The van der Waals surface area contributed by atoms with Crippen molar-refractivity contribution in [2.75, 3.05) is 6.54 Å². The Morgan fingerprint density at radius 3 is 2.65 bits per heavy atom. The molecule has 3 rings (SSSR count). The summed E-state index contributed by atoms with van der Waals surface area (Å²) in [6.07, 6.45) is 1.56. The molecule has 8 heteroatoms. The van der Waals surface area contributed by atoms with Crippen LogP contribution in [0.1, 0.15) is 65.7 Å². The van der Waals surface area contributed by atoms with E-state index in [9.17, 15) is 14.4 Å². The standard InChI is InChI=1S/C23H31N5O3/c1-5-16(3)24-21(29)17(4)25-22(30)19-13-20-23(31)27(10-7-11-28(20)26-19)14-18-9-6-8-15(2)12-18/h6,8-9,12-13,16-17H,5,7,10-11,14H2,1-4H3,(H,24,29)(H,25,30)/t16-,17-/m0/s1. The normalized spacial score (nSPS) is 15.6. The van der Waals surface area contributed by atoms with Crippen LogP contribution in [-0.4, -0.2) is 51.0 Å². The summed E-state index contributed by atoms with van der Waals surface area (Å²) in [5.74, 6) is -0.859. The van der Waals surface area contributed by atoms with Crippen LogP contribution in [-0.2, 0) is 17.9 Å². The van der Waals surface area contributed by atoms with Gasteiger partial charge in [0.05, 0.1) is 0 Å². The average molecular weight is 426 g/mol. The van der Waals surface area contributed by atoms with Crippen molar-refractivity contribution in [2.24, 2.45) is 0 Å². The molecular formula is C23H31N5O3. The maximum Gasteiger partial charge on any atom is 0.272 e. The number of nitrogens with one attached hydrogen (secondary N) is 2. The summed E-state index contributed by atoms with van der Waals surface area (Å²) >= 11 is 0. The van der Waals surface area contributed by atoms with Gasteiger partial charge in [-0.3, -0.25) is 19.1 Å². The highest BCUT2D eigenvalue weighted by atomic mass is 16.2. The Morgan fingerprint density at radius 1 is 1.16 bits per heavy atom. The Balaban J connectivity index is 1.70. The molecule has 1 aromatic heterocycles. The number of carbonyl (C=O) groups is 3. The molecule has 1 aliphatic rings. The molecular weight excluding hydrogens is 394 g/mol. The summed E-state index contributed by atoms with van der Waals surface area (Å²) in [7, 11) is 0. The van der Waals surface area contributed by atoms with E-state index in [-0.39, 0.29) is 23.6 Å². The molecule has 1 aliphatic heterocycles. The Labute approximate surface area is 183 Å². The summed E-state index contributed by atoms with van der Waals surface area (Å²) < 4.78 is 1.59. The highest BCUT2D eigenvalue weighted by Gasteiger charge is 2.27. The molecule has 2 aromatic rings. The van der Waals surface area contributed by atoms with Crippen LogP contribution in [0.15, 0.2) is 30.3 Å². The first-order chi connectivity index (χ1) is 14.8. The van der Waals surface area contributed by atoms with Gasteiger partial charge in [0.1, 0.15) is 11.7 Å². The number of rotatable bonds is 7. The van der Waals surface area contributed by atoms with Gasteiger partial charge in [0, 0.05) is 31.7 Å². The van der Waals surface area contributed by atoms with Gasteiger partial charge >= 0.3 is 0 Å². The highest BCUT2D eigenvalue weighted by molar-refractivity contribution is 5.99. The molecule has 0 fully saturated rings. The van der Waals surface area contributed by atoms with Gasteiger partial charge in [-0.1, -0.05) is 36.8 Å². The van der Waals surface area contributed by atoms with Gasteiger partial charge in [-0.05, 0) is 39.2 Å². The highest BCUT2D eigenvalue weighted by Crippen LogP contribution is 2.17. The van der Waals surface area contributed by atoms with Gasteiger partial charge < -0.3 is 15.5 Å². The third-order valence-corrected chi connectivity index (χ3v) is 5.51. The molecule has 0 radical (unpaired) electrons. The summed E-state index contributed by atoms with van der Waals surface area (Å²) in [5.41, 5.74) is 2.76. The van der Waals surface area contributed by atoms with Crippen LogP contribution in [0, 0.1) is 6.92 Å². The van der Waals surface area contributed by atoms with Crippen LogP contribution >= 0.6 is 0 Å². The lowest BCUT2D eigenvalue weighted by Gasteiger charge is -2.20. The van der Waals surface area contributed by atoms with Crippen LogP contribution in [0.25, 0.3) is 0 Å². The van der Waals surface area contributed by atoms with Gasteiger partial charge in [0.15, 0.2) is 5.69 Å². The van der Waals surface area contributed by atoms with E-state index >= 15 is 0 Å². The fourth-order valence-electron chi connectivity index (χ4n) is 3.53. The zero-order valence-corrected chi connectivity index (χ0v) is 18.6. The maximum absolute atomic E-state index is 13.1. The number of fused-ring (bicyclic) bond motifs is 1. The molecule has 2 N–H and O–H groups in total. The number of carbonyl (C=O) groups excluding carboxylic acids is 3. The van der Waals surface area contributed by atoms with Gasteiger partial charge in [-0.2, -0.15) is 5.10 Å². The van der Waals surface area contributed by atoms with E-state index in [2.05, 4.69) is 21.8 Å². The number of aryl methyl sites for hydroxylation is 2. The molecule has 0 aliphatic carbocycles. The Bertz CT molecular complexity index is 968. The maximum atomic E-state index is 13.1. The number of hydrogen-bond donors (Lipinski definition) is 2. The van der Waals surface area contributed by atoms with Gasteiger partial charge in [-0.15, -0.1) is 0 Å². The Kier molecular flexibility index (Phi) is 7.09. The molecule has 8 nitrogen and oxygen atoms in total. The minimum atomic E-state index is -0.698. The first kappa shape index (κ1) is 22.5. The van der Waals surface area contributed by atoms with Crippen molar-refractivity contribution in [1.29, 1.82) is 0 Å². The minimum absolute atomic E-state index is 0.0347. The zero-order valence-electron chi connectivity index (χ0n) is 18.6. The molecule has 0 saturated carbocycles. The molecule has 0 bridgehead atoms. The van der Waals surface area contributed by atoms with Crippen molar-refractivity contribution in [3.63, 3.8) is 0 Å². The largest absolute Gasteiger partial charge is 0.352 e. The average Bonchev–Trinajstić information content (AvgIpc) is 3.11. The summed E-state index contributed by atoms with van der Waals surface area (Å²) in [4.78, 5) is 39.7. The van der Waals surface area contributed by atoms with Gasteiger partial charge in [0.25, 0.3) is 11.8 Å². The van der Waals surface area contributed by atoms with Crippen molar-refractivity contribution >= 4 is 17.7 Å². The second kappa shape index (κ2) is 9.76. The SMILES string of the molecule is CC[C@H](C)NC(=O)[C@H](C)NC(=O)c1cc2n(n1)CCCN(Cc1cccc(C)c1)C2=O. The third-order valence-electron chi connectivity index (χ3n) is 5.51. The van der Waals surface area contributed by atoms with E-state index in [1.54, 1.807) is 16.5 Å². The lowest BCUT2D eigenvalue weighted by atomic mass is 10.1. The van der Waals surface area contributed by atoms with Crippen molar-refractivity contribution in [3.05, 3.63) is 52.8 Å². The first-order valence-electron chi connectivity index (χ1n) is 10.8. The van der Waals surface area contributed by atoms with Gasteiger partial charge in [-0.25, -0.2) is 0 Å². The van der Waals surface area contributed by atoms with E-state index in [1.165, 1.54) is 6.07 Å². The van der Waals surface area contributed by atoms with Crippen LogP contribution in [0.2, 0.25) is 0 Å². The number of benzene rings is 1. The number of nitrogens with zero attached hydrogens (tertiary/aromatic N) is 3. The Morgan fingerprint density at radius 2 is 1.94 bits per heavy atom. The van der Waals surface area contributed by atoms with Crippen molar-refractivity contribution in [3.8, 4) is 0 Å². The molecule has 0 saturated heterocycles. The van der Waals surface area contributed by atoms with Crippen molar-refractivity contribution in [1.82, 2.24) is 25.3 Å². The number of hydrogen-bond acceptors (Lipinski definition) is 4. The summed E-state index contributed by atoms with van der Waals surface area (Å²) in [5, 5.41) is 9.85. The van der Waals surface area contributed by atoms with Crippen molar-refractivity contribution < 1.29 is 14.4 Å². The molecule has 3 amide bonds. The molecule has 2 atom stereocenters. The fourth-order valence-corrected chi connectivity index (χ4v) is 3.53. The van der Waals surface area contributed by atoms with E-state index in [0.29, 0.717) is 25.3 Å². The predicted octanol–water partition coefficient (Wildman–Crippen LogP) is 2.27. The molecule has 31 heavy (non-hydrogen) atoms. The number of amides is 3. The predicted molar refractivity (Wildman–Crippen MR) is 118 cm³/mol. The zero-order chi connectivity index (χ0) is 22.5. The first-order valence-corrected chi connectivity index (χ1v) is 10.8. The number of aromatic nitrogens is 2. The lowest BCUT2D eigenvalue weighted by molar-refractivity contribution is -0.123. The van der Waals surface area contributed by atoms with E-state index in [1.807, 2.05) is 39.0 Å². The van der Waals surface area contributed by atoms with Crippen LogP contribution < -0.4 is 10.6 Å². The summed E-state index contributed by atoms with van der Waals surface area (Å²) in [6, 6.07) is 8.94. The molecule has 0 spiro atoms. The third kappa shape index (κ3) is 5.51. The van der Waals surface area contributed by atoms with Gasteiger partial charge in [0.2, 0.25) is 5.91 Å². The van der Waals surface area contributed by atoms with E-state index in [0.717, 1.165) is 24.0 Å². The fraction of sp³-hybridized carbons (Fsp3) is 0.478. The minimum Gasteiger partial charge on any atom is -0.352 e. The molecule has 2 heterocycles. The van der Waals surface area contributed by atoms with Crippen LogP contribution in [0.4, 0.5) is 0 Å². The molecule has 0 unspecified atom stereocenters. The molecule has 1 aromatic carbocycles. The van der Waals surface area contributed by atoms with E-state index < -0.39 is 11.9 Å². The second-order valence-corrected chi connectivity index (χ2v) is 8.22. The quantitative estimate of drug-likeness (QED) is 0.711. The van der Waals surface area contributed by atoms with Crippen LogP contribution in [0.3, 0.4) is 0 Å². The van der Waals surface area contributed by atoms with E-state index in [4.69, 9.17) is 0 Å². The smallest absolute Gasteiger partial charge is 0.272 e. The van der Waals surface area contributed by atoms with Crippen LogP contribution in [0.5, 0.6) is 0 Å². The summed E-state index contributed by atoms with van der Waals surface area (Å²) in [6.45, 7) is 9.25. The lowest BCUT2D eigenvalue weighted by Crippen LogP contribution is -2.47.